The van der Waals surface area contributed by atoms with Crippen LogP contribution in [0.25, 0.3) is 11.3 Å². The zero-order valence-electron chi connectivity index (χ0n) is 14.6. The molecule has 0 bridgehead atoms. The van der Waals surface area contributed by atoms with Gasteiger partial charge in [-0.05, 0) is 25.8 Å². The lowest BCUT2D eigenvalue weighted by Crippen LogP contribution is -2.58. The standard InChI is InChI=1S/C19H23N3O3.ClH/c23-17-7-9-20-12-19(17)8-4-10-22(13-19)18(24)15-11-16(25-21-15)14-5-2-1-3-6-14;/h1-3,5-6,11,17,20,23H,4,7-10,12-13H2;1H/t17-,19-;/m0./s1. The molecule has 0 aliphatic carbocycles. The summed E-state index contributed by atoms with van der Waals surface area (Å²) in [4.78, 5) is 14.7. The van der Waals surface area contributed by atoms with Gasteiger partial charge >= 0.3 is 0 Å². The highest BCUT2D eigenvalue weighted by Gasteiger charge is 2.44. The van der Waals surface area contributed by atoms with Gasteiger partial charge in [-0.3, -0.25) is 4.79 Å². The molecule has 2 aliphatic rings. The molecule has 2 aliphatic heterocycles. The van der Waals surface area contributed by atoms with Gasteiger partial charge < -0.3 is 19.8 Å². The fourth-order valence-electron chi connectivity index (χ4n) is 4.03. The fourth-order valence-corrected chi connectivity index (χ4v) is 4.03. The molecule has 0 saturated carbocycles. The lowest BCUT2D eigenvalue weighted by atomic mass is 9.72. The number of rotatable bonds is 2. The molecule has 2 aromatic rings. The number of benzene rings is 1. The first-order valence-electron chi connectivity index (χ1n) is 8.88. The Hall–Kier alpha value is -1.89. The average molecular weight is 378 g/mol. The monoisotopic (exact) mass is 377 g/mol. The number of nitrogens with one attached hydrogen (secondary N) is 1. The van der Waals surface area contributed by atoms with E-state index in [1.54, 1.807) is 6.07 Å². The number of carbonyl (C=O) groups excluding carboxylic acids is 1. The van der Waals surface area contributed by atoms with Crippen LogP contribution in [-0.2, 0) is 0 Å². The molecule has 26 heavy (non-hydrogen) atoms. The van der Waals surface area contributed by atoms with E-state index < -0.39 is 0 Å². The van der Waals surface area contributed by atoms with Gasteiger partial charge in [0, 0.05) is 36.7 Å². The van der Waals surface area contributed by atoms with Crippen LogP contribution in [0.4, 0.5) is 0 Å². The summed E-state index contributed by atoms with van der Waals surface area (Å²) in [6.45, 7) is 2.85. The van der Waals surface area contributed by atoms with Gasteiger partial charge in [-0.25, -0.2) is 0 Å². The minimum Gasteiger partial charge on any atom is -0.392 e. The van der Waals surface area contributed by atoms with Gasteiger partial charge in [-0.2, -0.15) is 0 Å². The SMILES string of the molecule is Cl.O=C(c1cc(-c2ccccc2)on1)N1CCC[C@]2(CNCC[C@@H]2O)C1. The van der Waals surface area contributed by atoms with Crippen molar-refractivity contribution in [3.63, 3.8) is 0 Å². The molecule has 2 saturated heterocycles. The van der Waals surface area contributed by atoms with Gasteiger partial charge in [0.2, 0.25) is 0 Å². The minimum absolute atomic E-state index is 0. The first-order valence-corrected chi connectivity index (χ1v) is 8.88. The van der Waals surface area contributed by atoms with Crippen LogP contribution in [0.3, 0.4) is 0 Å². The van der Waals surface area contributed by atoms with E-state index in [0.29, 0.717) is 24.5 Å². The van der Waals surface area contributed by atoms with Crippen molar-refractivity contribution in [2.75, 3.05) is 26.2 Å². The normalized spacial score (nSPS) is 25.7. The van der Waals surface area contributed by atoms with Crippen molar-refractivity contribution in [1.29, 1.82) is 0 Å². The summed E-state index contributed by atoms with van der Waals surface area (Å²) in [7, 11) is 0. The number of aliphatic hydroxyl groups excluding tert-OH is 1. The maximum Gasteiger partial charge on any atom is 0.276 e. The molecule has 0 radical (unpaired) electrons. The van der Waals surface area contributed by atoms with Gasteiger partial charge in [-0.15, -0.1) is 12.4 Å². The van der Waals surface area contributed by atoms with Crippen LogP contribution < -0.4 is 5.32 Å². The van der Waals surface area contributed by atoms with Crippen molar-refractivity contribution in [1.82, 2.24) is 15.4 Å². The molecule has 2 atom stereocenters. The molecular weight excluding hydrogens is 354 g/mol. The molecule has 3 heterocycles. The van der Waals surface area contributed by atoms with Crippen LogP contribution in [0, 0.1) is 5.41 Å². The second-order valence-electron chi connectivity index (χ2n) is 7.12. The summed E-state index contributed by atoms with van der Waals surface area (Å²) in [5.74, 6) is 0.470. The highest BCUT2D eigenvalue weighted by molar-refractivity contribution is 5.93. The molecule has 0 unspecified atom stereocenters. The predicted octanol–water partition coefficient (Wildman–Crippen LogP) is 2.34. The quantitative estimate of drug-likeness (QED) is 0.839. The third kappa shape index (κ3) is 3.49. The molecule has 1 spiro atoms. The molecule has 140 valence electrons. The Labute approximate surface area is 159 Å². The van der Waals surface area contributed by atoms with Crippen LogP contribution in [0.2, 0.25) is 0 Å². The van der Waals surface area contributed by atoms with E-state index in [4.69, 9.17) is 4.52 Å². The van der Waals surface area contributed by atoms with Crippen LogP contribution >= 0.6 is 12.4 Å². The van der Waals surface area contributed by atoms with Gasteiger partial charge in [0.1, 0.15) is 0 Å². The lowest BCUT2D eigenvalue weighted by molar-refractivity contribution is -0.0434. The number of carbonyl (C=O) groups is 1. The Morgan fingerprint density at radius 1 is 1.35 bits per heavy atom. The van der Waals surface area contributed by atoms with E-state index in [1.165, 1.54) is 0 Å². The second kappa shape index (κ2) is 7.78. The topological polar surface area (TPSA) is 78.6 Å². The molecule has 1 amide bonds. The number of aliphatic hydroxyl groups is 1. The zero-order valence-corrected chi connectivity index (χ0v) is 15.4. The van der Waals surface area contributed by atoms with E-state index in [-0.39, 0.29) is 29.8 Å². The van der Waals surface area contributed by atoms with Crippen molar-refractivity contribution in [3.05, 3.63) is 42.1 Å². The summed E-state index contributed by atoms with van der Waals surface area (Å²) in [5.41, 5.74) is 0.989. The van der Waals surface area contributed by atoms with Crippen molar-refractivity contribution in [2.24, 2.45) is 5.41 Å². The minimum atomic E-state index is -0.360. The number of hydrogen-bond acceptors (Lipinski definition) is 5. The number of nitrogens with zero attached hydrogens (tertiary/aromatic N) is 2. The van der Waals surface area contributed by atoms with E-state index >= 15 is 0 Å². The predicted molar refractivity (Wildman–Crippen MR) is 100 cm³/mol. The second-order valence-corrected chi connectivity index (χ2v) is 7.12. The fraction of sp³-hybridized carbons (Fsp3) is 0.474. The van der Waals surface area contributed by atoms with Crippen LogP contribution in [0.1, 0.15) is 29.8 Å². The van der Waals surface area contributed by atoms with Gasteiger partial charge in [0.05, 0.1) is 6.10 Å². The summed E-state index contributed by atoms with van der Waals surface area (Å²) >= 11 is 0. The van der Waals surface area contributed by atoms with Gasteiger partial charge in [0.25, 0.3) is 5.91 Å². The van der Waals surface area contributed by atoms with Gasteiger partial charge in [0.15, 0.2) is 11.5 Å². The molecule has 1 aromatic heterocycles. The number of likely N-dealkylation sites (tertiary alicyclic amines) is 1. The lowest BCUT2D eigenvalue weighted by Gasteiger charge is -2.48. The first-order chi connectivity index (χ1) is 12.2. The van der Waals surface area contributed by atoms with Crippen molar-refractivity contribution in [2.45, 2.75) is 25.4 Å². The molecule has 4 rings (SSSR count). The molecule has 2 N–H and O–H groups in total. The summed E-state index contributed by atoms with van der Waals surface area (Å²) in [6, 6.07) is 11.3. The highest BCUT2D eigenvalue weighted by atomic mass is 35.5. The van der Waals surface area contributed by atoms with Crippen LogP contribution in [0.15, 0.2) is 40.9 Å². The van der Waals surface area contributed by atoms with E-state index in [1.807, 2.05) is 35.2 Å². The smallest absolute Gasteiger partial charge is 0.276 e. The van der Waals surface area contributed by atoms with E-state index in [9.17, 15) is 9.90 Å². The third-order valence-electron chi connectivity index (χ3n) is 5.46. The summed E-state index contributed by atoms with van der Waals surface area (Å²) < 4.78 is 5.36. The Morgan fingerprint density at radius 3 is 2.92 bits per heavy atom. The molecule has 2 fully saturated rings. The summed E-state index contributed by atoms with van der Waals surface area (Å²) in [6.07, 6.45) is 2.22. The number of piperidine rings is 2. The Morgan fingerprint density at radius 2 is 2.15 bits per heavy atom. The maximum absolute atomic E-state index is 12.9. The number of aromatic nitrogens is 1. The Balaban J connectivity index is 0.00000196. The third-order valence-corrected chi connectivity index (χ3v) is 5.46. The van der Waals surface area contributed by atoms with Crippen molar-refractivity contribution in [3.8, 4) is 11.3 Å². The molecule has 1 aromatic carbocycles. The Bertz CT molecular complexity index is 747. The zero-order chi connectivity index (χ0) is 17.3. The van der Waals surface area contributed by atoms with Crippen LogP contribution in [-0.4, -0.2) is 53.4 Å². The van der Waals surface area contributed by atoms with Gasteiger partial charge in [-0.1, -0.05) is 35.5 Å². The first kappa shape index (κ1) is 18.9. The number of halogens is 1. The molecular formula is C19H24ClN3O3. The largest absolute Gasteiger partial charge is 0.392 e. The maximum atomic E-state index is 12.9. The molecule has 7 heteroatoms. The van der Waals surface area contributed by atoms with Crippen LogP contribution in [0.5, 0.6) is 0 Å². The van der Waals surface area contributed by atoms with E-state index in [2.05, 4.69) is 10.5 Å². The summed E-state index contributed by atoms with van der Waals surface area (Å²) in [5, 5.41) is 17.8. The van der Waals surface area contributed by atoms with Crippen molar-refractivity contribution < 1.29 is 14.4 Å². The number of amides is 1. The van der Waals surface area contributed by atoms with Crippen molar-refractivity contribution >= 4 is 18.3 Å². The molecule has 6 nitrogen and oxygen atoms in total. The Kier molecular flexibility index (Phi) is 5.65. The highest BCUT2D eigenvalue weighted by Crippen LogP contribution is 2.36. The number of hydrogen-bond donors (Lipinski definition) is 2. The van der Waals surface area contributed by atoms with E-state index in [0.717, 1.165) is 37.9 Å². The average Bonchev–Trinajstić information content (AvgIpc) is 3.15.